The highest BCUT2D eigenvalue weighted by atomic mass is 16.1. The minimum Gasteiger partial charge on any atom is -0.302 e. The van der Waals surface area contributed by atoms with E-state index in [1.165, 1.54) is 16.7 Å². The average Bonchev–Trinajstić information content (AvgIpc) is 2.27. The number of hydrogen-bond acceptors (Lipinski definition) is 2. The van der Waals surface area contributed by atoms with E-state index in [0.29, 0.717) is 6.42 Å². The van der Waals surface area contributed by atoms with E-state index in [0.717, 1.165) is 13.1 Å². The molecule has 19 heavy (non-hydrogen) atoms. The molecule has 2 nitrogen and oxygen atoms in total. The van der Waals surface area contributed by atoms with E-state index in [1.54, 1.807) is 6.92 Å². The van der Waals surface area contributed by atoms with E-state index in [2.05, 4.69) is 57.8 Å². The van der Waals surface area contributed by atoms with Crippen molar-refractivity contribution in [2.75, 3.05) is 13.6 Å². The maximum Gasteiger partial charge on any atom is 0.131 e. The molecule has 1 rings (SSSR count). The van der Waals surface area contributed by atoms with Crippen molar-refractivity contribution in [3.63, 3.8) is 0 Å². The maximum atomic E-state index is 11.0. The number of carbonyl (C=O) groups excluding carboxylic acids is 1. The van der Waals surface area contributed by atoms with Crippen LogP contribution in [0.3, 0.4) is 0 Å². The zero-order valence-corrected chi connectivity index (χ0v) is 13.2. The average molecular weight is 261 g/mol. The molecule has 2 heteroatoms. The van der Waals surface area contributed by atoms with Gasteiger partial charge in [-0.3, -0.25) is 4.79 Å². The second-order valence-corrected chi connectivity index (χ2v) is 6.58. The van der Waals surface area contributed by atoms with Crippen LogP contribution in [0.25, 0.3) is 0 Å². The van der Waals surface area contributed by atoms with E-state index in [9.17, 15) is 4.79 Å². The van der Waals surface area contributed by atoms with Crippen LogP contribution < -0.4 is 0 Å². The predicted octanol–water partition coefficient (Wildman–Crippen LogP) is 3.70. The molecule has 0 aliphatic rings. The van der Waals surface area contributed by atoms with Crippen molar-refractivity contribution in [1.82, 2.24) is 4.90 Å². The van der Waals surface area contributed by atoms with Gasteiger partial charge in [0.05, 0.1) is 0 Å². The van der Waals surface area contributed by atoms with Gasteiger partial charge in [-0.2, -0.15) is 0 Å². The van der Waals surface area contributed by atoms with Gasteiger partial charge >= 0.3 is 0 Å². The van der Waals surface area contributed by atoms with Crippen molar-refractivity contribution in [2.45, 2.75) is 53.0 Å². The van der Waals surface area contributed by atoms with E-state index < -0.39 is 0 Å². The number of nitrogens with zero attached hydrogens (tertiary/aromatic N) is 1. The van der Waals surface area contributed by atoms with Gasteiger partial charge in [0.2, 0.25) is 0 Å². The fourth-order valence-corrected chi connectivity index (χ4v) is 2.06. The third kappa shape index (κ3) is 5.15. The van der Waals surface area contributed by atoms with Crippen LogP contribution in [0.2, 0.25) is 0 Å². The minimum absolute atomic E-state index is 0.198. The molecule has 1 aromatic rings. The summed E-state index contributed by atoms with van der Waals surface area (Å²) in [5.41, 5.74) is 4.25. The first-order valence-corrected chi connectivity index (χ1v) is 6.98. The molecule has 0 heterocycles. The van der Waals surface area contributed by atoms with Crippen LogP contribution >= 0.6 is 0 Å². The smallest absolute Gasteiger partial charge is 0.131 e. The van der Waals surface area contributed by atoms with E-state index in [4.69, 9.17) is 0 Å². The highest BCUT2D eigenvalue weighted by molar-refractivity contribution is 5.75. The molecule has 0 aliphatic carbocycles. The number of carbonyl (C=O) groups is 1. The van der Waals surface area contributed by atoms with E-state index in [1.807, 2.05) is 0 Å². The molecule has 0 aliphatic heterocycles. The SMILES string of the molecule is CC(=O)CCN(C)Cc1ccc(C(C)(C)C)cc1C. The second-order valence-electron chi connectivity index (χ2n) is 6.58. The number of hydrogen-bond donors (Lipinski definition) is 0. The summed E-state index contributed by atoms with van der Waals surface area (Å²) in [7, 11) is 2.07. The van der Waals surface area contributed by atoms with Gasteiger partial charge in [-0.25, -0.2) is 0 Å². The van der Waals surface area contributed by atoms with Gasteiger partial charge in [0, 0.05) is 19.5 Å². The minimum atomic E-state index is 0.198. The molecule has 0 spiro atoms. The molecule has 0 aromatic heterocycles. The summed E-state index contributed by atoms with van der Waals surface area (Å²) in [4.78, 5) is 13.2. The largest absolute Gasteiger partial charge is 0.302 e. The van der Waals surface area contributed by atoms with Crippen molar-refractivity contribution in [3.8, 4) is 0 Å². The maximum absolute atomic E-state index is 11.0. The summed E-state index contributed by atoms with van der Waals surface area (Å²) in [6.07, 6.45) is 0.635. The van der Waals surface area contributed by atoms with E-state index >= 15 is 0 Å². The van der Waals surface area contributed by atoms with Crippen molar-refractivity contribution >= 4 is 5.78 Å². The fourth-order valence-electron chi connectivity index (χ4n) is 2.06. The zero-order chi connectivity index (χ0) is 14.6. The lowest BCUT2D eigenvalue weighted by Crippen LogP contribution is -2.21. The highest BCUT2D eigenvalue weighted by Gasteiger charge is 2.14. The number of aryl methyl sites for hydroxylation is 1. The van der Waals surface area contributed by atoms with Crippen LogP contribution in [-0.4, -0.2) is 24.3 Å². The Bertz CT molecular complexity index is 443. The Morgan fingerprint density at radius 3 is 2.37 bits per heavy atom. The molecule has 0 saturated heterocycles. The molecular weight excluding hydrogens is 234 g/mol. The van der Waals surface area contributed by atoms with Crippen molar-refractivity contribution < 1.29 is 4.79 Å². The third-order valence-corrected chi connectivity index (χ3v) is 3.49. The van der Waals surface area contributed by atoms with Gasteiger partial charge in [-0.05, 0) is 43.0 Å². The van der Waals surface area contributed by atoms with Crippen molar-refractivity contribution in [1.29, 1.82) is 0 Å². The summed E-state index contributed by atoms with van der Waals surface area (Å²) < 4.78 is 0. The van der Waals surface area contributed by atoms with Gasteiger partial charge in [0.25, 0.3) is 0 Å². The summed E-state index contributed by atoms with van der Waals surface area (Å²) >= 11 is 0. The number of benzene rings is 1. The van der Waals surface area contributed by atoms with Gasteiger partial charge in [0.1, 0.15) is 5.78 Å². The lowest BCUT2D eigenvalue weighted by atomic mass is 9.85. The van der Waals surface area contributed by atoms with Crippen LogP contribution in [0.4, 0.5) is 0 Å². The molecule has 0 saturated carbocycles. The molecule has 0 unspecified atom stereocenters. The molecular formula is C17H27NO. The van der Waals surface area contributed by atoms with Gasteiger partial charge in [-0.15, -0.1) is 0 Å². The van der Waals surface area contributed by atoms with Crippen LogP contribution in [0.15, 0.2) is 18.2 Å². The van der Waals surface area contributed by atoms with Crippen LogP contribution in [0.1, 0.15) is 50.8 Å². The second kappa shape index (κ2) is 6.33. The van der Waals surface area contributed by atoms with Crippen molar-refractivity contribution in [3.05, 3.63) is 34.9 Å². The van der Waals surface area contributed by atoms with Gasteiger partial charge < -0.3 is 4.90 Å². The summed E-state index contributed by atoms with van der Waals surface area (Å²) in [6, 6.07) is 6.73. The molecule has 0 fully saturated rings. The lowest BCUT2D eigenvalue weighted by Gasteiger charge is -2.22. The highest BCUT2D eigenvalue weighted by Crippen LogP contribution is 2.24. The van der Waals surface area contributed by atoms with E-state index in [-0.39, 0.29) is 11.2 Å². The Labute approximate surface area is 117 Å². The van der Waals surface area contributed by atoms with Crippen LogP contribution in [0, 0.1) is 6.92 Å². The molecule has 0 amide bonds. The normalized spacial score (nSPS) is 11.9. The number of rotatable bonds is 5. The zero-order valence-electron chi connectivity index (χ0n) is 13.2. The Morgan fingerprint density at radius 2 is 1.89 bits per heavy atom. The fraction of sp³-hybridized carbons (Fsp3) is 0.588. The molecule has 0 bridgehead atoms. The Hall–Kier alpha value is -1.15. The first-order valence-electron chi connectivity index (χ1n) is 6.98. The number of Topliss-reactive ketones (excluding diaryl/α,β-unsaturated/α-hetero) is 1. The monoisotopic (exact) mass is 261 g/mol. The summed E-state index contributed by atoms with van der Waals surface area (Å²) in [6.45, 7) is 12.3. The quantitative estimate of drug-likeness (QED) is 0.805. The Kier molecular flexibility index (Phi) is 5.30. The first kappa shape index (κ1) is 15.9. The Balaban J connectivity index is 2.72. The first-order chi connectivity index (χ1) is 8.70. The van der Waals surface area contributed by atoms with Gasteiger partial charge in [-0.1, -0.05) is 39.0 Å². The summed E-state index contributed by atoms with van der Waals surface area (Å²) in [5, 5.41) is 0. The number of ketones is 1. The molecule has 0 radical (unpaired) electrons. The topological polar surface area (TPSA) is 20.3 Å². The predicted molar refractivity (Wildman–Crippen MR) is 81.5 cm³/mol. The molecule has 0 N–H and O–H groups in total. The van der Waals surface area contributed by atoms with Gasteiger partial charge in [0.15, 0.2) is 0 Å². The standard InChI is InChI=1S/C17H27NO/c1-13-11-16(17(3,4)5)8-7-15(13)12-18(6)10-9-14(2)19/h7-8,11H,9-10,12H2,1-6H3. The molecule has 106 valence electrons. The third-order valence-electron chi connectivity index (χ3n) is 3.49. The lowest BCUT2D eigenvalue weighted by molar-refractivity contribution is -0.117. The van der Waals surface area contributed by atoms with Crippen LogP contribution in [0.5, 0.6) is 0 Å². The molecule has 1 aromatic carbocycles. The van der Waals surface area contributed by atoms with Crippen molar-refractivity contribution in [2.24, 2.45) is 0 Å². The van der Waals surface area contributed by atoms with Crippen LogP contribution in [-0.2, 0) is 16.8 Å². The summed E-state index contributed by atoms with van der Waals surface area (Å²) in [5.74, 6) is 0.256. The molecule has 0 atom stereocenters. The Morgan fingerprint density at radius 1 is 1.26 bits per heavy atom.